The molecule has 0 radical (unpaired) electrons. The van der Waals surface area contributed by atoms with Gasteiger partial charge in [-0.25, -0.2) is 9.37 Å². The van der Waals surface area contributed by atoms with Gasteiger partial charge >= 0.3 is 0 Å². The van der Waals surface area contributed by atoms with Gasteiger partial charge in [-0.05, 0) is 42.7 Å². The fourth-order valence-corrected chi connectivity index (χ4v) is 2.98. The minimum absolute atomic E-state index is 0.100. The van der Waals surface area contributed by atoms with Crippen molar-refractivity contribution in [1.82, 2.24) is 4.98 Å². The second kappa shape index (κ2) is 7.90. The number of nitrogens with zero attached hydrogens (tertiary/aromatic N) is 1. The molecule has 1 heterocycles. The van der Waals surface area contributed by atoms with Crippen LogP contribution in [0.25, 0.3) is 0 Å². The summed E-state index contributed by atoms with van der Waals surface area (Å²) in [5.74, 6) is 0.712. The third-order valence-electron chi connectivity index (χ3n) is 4.39. The topological polar surface area (TPSA) is 54.0 Å². The molecule has 1 aliphatic rings. The summed E-state index contributed by atoms with van der Waals surface area (Å²) < 4.78 is 12.9. The number of anilines is 2. The molecule has 1 aromatic carbocycles. The largest absolute Gasteiger partial charge is 0.366 e. The Hall–Kier alpha value is -2.43. The molecule has 1 saturated carbocycles. The Morgan fingerprint density at radius 1 is 1.08 bits per heavy atom. The average molecular weight is 327 g/mol. The molecule has 0 spiro atoms. The predicted octanol–water partition coefficient (Wildman–Crippen LogP) is 4.35. The number of carbonyl (C=O) groups excluding carboxylic acids is 1. The highest BCUT2D eigenvalue weighted by molar-refractivity contribution is 5.92. The van der Waals surface area contributed by atoms with Crippen molar-refractivity contribution in [1.29, 1.82) is 0 Å². The SMILES string of the molecule is O=C(Nc1ccc(NCc2ccc(F)cc2)nc1)C1CCCCC1. The molecule has 0 aliphatic heterocycles. The van der Waals surface area contributed by atoms with Crippen LogP contribution >= 0.6 is 0 Å². The van der Waals surface area contributed by atoms with Crippen LogP contribution in [0, 0.1) is 11.7 Å². The van der Waals surface area contributed by atoms with Gasteiger partial charge in [0.1, 0.15) is 11.6 Å². The van der Waals surface area contributed by atoms with E-state index >= 15 is 0 Å². The summed E-state index contributed by atoms with van der Waals surface area (Å²) in [6, 6.07) is 10.0. The number of hydrogen-bond donors (Lipinski definition) is 2. The van der Waals surface area contributed by atoms with Gasteiger partial charge < -0.3 is 10.6 Å². The highest BCUT2D eigenvalue weighted by Gasteiger charge is 2.20. The summed E-state index contributed by atoms with van der Waals surface area (Å²) >= 11 is 0. The van der Waals surface area contributed by atoms with E-state index in [2.05, 4.69) is 15.6 Å². The number of halogens is 1. The molecule has 0 unspecified atom stereocenters. The Kier molecular flexibility index (Phi) is 5.41. The molecule has 2 aromatic rings. The van der Waals surface area contributed by atoms with Crippen LogP contribution in [-0.2, 0) is 11.3 Å². The Labute approximate surface area is 141 Å². The quantitative estimate of drug-likeness (QED) is 0.858. The highest BCUT2D eigenvalue weighted by atomic mass is 19.1. The van der Waals surface area contributed by atoms with Crippen LogP contribution in [0.1, 0.15) is 37.7 Å². The Bertz CT molecular complexity index is 664. The van der Waals surface area contributed by atoms with Crippen molar-refractivity contribution in [3.8, 4) is 0 Å². The van der Waals surface area contributed by atoms with Crippen molar-refractivity contribution in [2.75, 3.05) is 10.6 Å². The van der Waals surface area contributed by atoms with E-state index in [1.165, 1.54) is 18.6 Å². The van der Waals surface area contributed by atoms with E-state index in [4.69, 9.17) is 0 Å². The lowest BCUT2D eigenvalue weighted by molar-refractivity contribution is -0.120. The molecule has 1 aromatic heterocycles. The van der Waals surface area contributed by atoms with Crippen LogP contribution in [0.2, 0.25) is 0 Å². The van der Waals surface area contributed by atoms with Crippen molar-refractivity contribution in [2.45, 2.75) is 38.6 Å². The molecule has 0 bridgehead atoms. The number of benzene rings is 1. The predicted molar refractivity (Wildman–Crippen MR) is 93.2 cm³/mol. The van der Waals surface area contributed by atoms with Gasteiger partial charge in [0.15, 0.2) is 0 Å². The summed E-state index contributed by atoms with van der Waals surface area (Å²) in [6.45, 7) is 0.570. The number of rotatable bonds is 5. The molecule has 126 valence electrons. The zero-order valence-electron chi connectivity index (χ0n) is 13.6. The average Bonchev–Trinajstić information content (AvgIpc) is 2.63. The molecule has 4 nitrogen and oxygen atoms in total. The summed E-state index contributed by atoms with van der Waals surface area (Å²) in [6.07, 6.45) is 7.14. The molecule has 2 N–H and O–H groups in total. The summed E-state index contributed by atoms with van der Waals surface area (Å²) in [5.41, 5.74) is 1.70. The van der Waals surface area contributed by atoms with E-state index < -0.39 is 0 Å². The Morgan fingerprint density at radius 3 is 2.50 bits per heavy atom. The van der Waals surface area contributed by atoms with Crippen molar-refractivity contribution in [2.24, 2.45) is 5.92 Å². The van der Waals surface area contributed by atoms with E-state index in [1.54, 1.807) is 18.3 Å². The zero-order valence-corrected chi connectivity index (χ0v) is 13.6. The zero-order chi connectivity index (χ0) is 16.8. The standard InChI is InChI=1S/C19H22FN3O/c20-16-8-6-14(7-9-16)12-21-18-11-10-17(13-22-18)23-19(24)15-4-2-1-3-5-15/h6-11,13,15H,1-5,12H2,(H,21,22)(H,23,24). The van der Waals surface area contributed by atoms with E-state index in [0.717, 1.165) is 42.8 Å². The first-order chi connectivity index (χ1) is 11.7. The van der Waals surface area contributed by atoms with E-state index in [1.807, 2.05) is 12.1 Å². The number of nitrogens with one attached hydrogen (secondary N) is 2. The van der Waals surface area contributed by atoms with Crippen LogP contribution in [-0.4, -0.2) is 10.9 Å². The van der Waals surface area contributed by atoms with E-state index in [0.29, 0.717) is 6.54 Å². The monoisotopic (exact) mass is 327 g/mol. The minimum atomic E-state index is -0.241. The first-order valence-electron chi connectivity index (χ1n) is 8.46. The number of pyridine rings is 1. The maximum absolute atomic E-state index is 12.9. The van der Waals surface area contributed by atoms with Crippen LogP contribution in [0.3, 0.4) is 0 Å². The van der Waals surface area contributed by atoms with E-state index in [9.17, 15) is 9.18 Å². The Balaban J connectivity index is 1.51. The maximum Gasteiger partial charge on any atom is 0.227 e. The van der Waals surface area contributed by atoms with Crippen LogP contribution in [0.15, 0.2) is 42.6 Å². The summed E-state index contributed by atoms with van der Waals surface area (Å²) in [7, 11) is 0. The Morgan fingerprint density at radius 2 is 1.83 bits per heavy atom. The number of aromatic nitrogens is 1. The van der Waals surface area contributed by atoms with Gasteiger partial charge in [-0.2, -0.15) is 0 Å². The van der Waals surface area contributed by atoms with Gasteiger partial charge in [0.05, 0.1) is 11.9 Å². The maximum atomic E-state index is 12.9. The first kappa shape index (κ1) is 16.4. The first-order valence-corrected chi connectivity index (χ1v) is 8.46. The van der Waals surface area contributed by atoms with Gasteiger partial charge in [-0.3, -0.25) is 4.79 Å². The molecule has 0 saturated heterocycles. The summed E-state index contributed by atoms with van der Waals surface area (Å²) in [4.78, 5) is 16.5. The molecule has 1 fully saturated rings. The molecule has 1 aliphatic carbocycles. The van der Waals surface area contributed by atoms with Gasteiger partial charge in [-0.15, -0.1) is 0 Å². The second-order valence-corrected chi connectivity index (χ2v) is 6.24. The lowest BCUT2D eigenvalue weighted by Crippen LogP contribution is -2.24. The van der Waals surface area contributed by atoms with Gasteiger partial charge in [-0.1, -0.05) is 31.4 Å². The van der Waals surface area contributed by atoms with Crippen molar-refractivity contribution < 1.29 is 9.18 Å². The number of carbonyl (C=O) groups is 1. The molecule has 3 rings (SSSR count). The molecule has 1 amide bonds. The molecule has 0 atom stereocenters. The van der Waals surface area contributed by atoms with Crippen LogP contribution in [0.5, 0.6) is 0 Å². The molecule has 24 heavy (non-hydrogen) atoms. The van der Waals surface area contributed by atoms with Crippen molar-refractivity contribution in [3.05, 3.63) is 54.0 Å². The third kappa shape index (κ3) is 4.54. The highest BCUT2D eigenvalue weighted by Crippen LogP contribution is 2.25. The van der Waals surface area contributed by atoms with Crippen molar-refractivity contribution in [3.63, 3.8) is 0 Å². The minimum Gasteiger partial charge on any atom is -0.366 e. The van der Waals surface area contributed by atoms with Crippen molar-refractivity contribution >= 4 is 17.4 Å². The fraction of sp³-hybridized carbons (Fsp3) is 0.368. The lowest BCUT2D eigenvalue weighted by Gasteiger charge is -2.20. The fourth-order valence-electron chi connectivity index (χ4n) is 2.98. The third-order valence-corrected chi connectivity index (χ3v) is 4.39. The molecular weight excluding hydrogens is 305 g/mol. The second-order valence-electron chi connectivity index (χ2n) is 6.24. The van der Waals surface area contributed by atoms with Gasteiger partial charge in [0, 0.05) is 12.5 Å². The van der Waals surface area contributed by atoms with Crippen LogP contribution < -0.4 is 10.6 Å². The van der Waals surface area contributed by atoms with Gasteiger partial charge in [0.25, 0.3) is 0 Å². The summed E-state index contributed by atoms with van der Waals surface area (Å²) in [5, 5.41) is 6.13. The van der Waals surface area contributed by atoms with E-state index in [-0.39, 0.29) is 17.6 Å². The normalized spacial score (nSPS) is 15.0. The number of hydrogen-bond acceptors (Lipinski definition) is 3. The molecular formula is C19H22FN3O. The smallest absolute Gasteiger partial charge is 0.227 e. The number of amides is 1. The van der Waals surface area contributed by atoms with Crippen LogP contribution in [0.4, 0.5) is 15.9 Å². The van der Waals surface area contributed by atoms with Gasteiger partial charge in [0.2, 0.25) is 5.91 Å². The molecule has 5 heteroatoms. The lowest BCUT2D eigenvalue weighted by atomic mass is 9.88.